The molecule has 4 N–H and O–H groups in total. The Bertz CT molecular complexity index is 1010. The van der Waals surface area contributed by atoms with Crippen LogP contribution in [0.2, 0.25) is 0 Å². The molecule has 0 aliphatic heterocycles. The maximum absolute atomic E-state index is 12.5. The molecule has 0 unspecified atom stereocenters. The fraction of sp³-hybridized carbons (Fsp3) is 0.158. The number of anilines is 1. The molecule has 0 amide bonds. The van der Waals surface area contributed by atoms with Crippen molar-refractivity contribution < 1.29 is 9.47 Å². The van der Waals surface area contributed by atoms with Crippen molar-refractivity contribution in [2.45, 2.75) is 6.54 Å². The maximum Gasteiger partial charge on any atom is 0.274 e. The number of nitrogens with one attached hydrogen (secondary N) is 2. The number of benzene rings is 2. The van der Waals surface area contributed by atoms with Crippen molar-refractivity contribution in [1.29, 1.82) is 0 Å². The number of ether oxygens (including phenoxy) is 2. The van der Waals surface area contributed by atoms with Crippen LogP contribution in [0.1, 0.15) is 5.56 Å². The predicted molar refractivity (Wildman–Crippen MR) is 109 cm³/mol. The number of nitrogens with two attached hydrogens (primary N) is 1. The van der Waals surface area contributed by atoms with E-state index in [1.54, 1.807) is 25.3 Å². The van der Waals surface area contributed by atoms with E-state index in [9.17, 15) is 4.79 Å². The fourth-order valence-electron chi connectivity index (χ4n) is 2.73. The molecule has 0 aliphatic rings. The second kappa shape index (κ2) is 7.96. The molecular weight excluding hydrogens is 364 g/mol. The summed E-state index contributed by atoms with van der Waals surface area (Å²) >= 11 is 5.38. The molecule has 0 saturated carbocycles. The van der Waals surface area contributed by atoms with Gasteiger partial charge in [0.25, 0.3) is 5.56 Å². The number of hydrogen-bond donors (Lipinski definition) is 3. The molecule has 0 spiro atoms. The SMILES string of the molecule is COc1ccc(-c2c(N)n(C(=S)NCc3ccccc3)[nH]c2=O)cc1OC. The Balaban J connectivity index is 1.88. The van der Waals surface area contributed by atoms with Gasteiger partial charge in [-0.25, -0.2) is 4.68 Å². The summed E-state index contributed by atoms with van der Waals surface area (Å²) in [5.41, 5.74) is 7.85. The van der Waals surface area contributed by atoms with Crippen LogP contribution in [-0.2, 0) is 6.54 Å². The van der Waals surface area contributed by atoms with Gasteiger partial charge in [0.05, 0.1) is 19.8 Å². The number of hydrogen-bond acceptors (Lipinski definition) is 5. The summed E-state index contributed by atoms with van der Waals surface area (Å²) in [6.07, 6.45) is 0. The van der Waals surface area contributed by atoms with Gasteiger partial charge >= 0.3 is 0 Å². The van der Waals surface area contributed by atoms with E-state index >= 15 is 0 Å². The zero-order valence-corrected chi connectivity index (χ0v) is 15.8. The highest BCUT2D eigenvalue weighted by Gasteiger charge is 2.18. The summed E-state index contributed by atoms with van der Waals surface area (Å²) < 4.78 is 11.9. The second-order valence-electron chi connectivity index (χ2n) is 5.75. The largest absolute Gasteiger partial charge is 0.493 e. The first kappa shape index (κ1) is 18.5. The average molecular weight is 384 g/mol. The van der Waals surface area contributed by atoms with Gasteiger partial charge in [-0.3, -0.25) is 9.89 Å². The standard InChI is InChI=1S/C19H20N4O3S/c1-25-14-9-8-13(10-15(14)26-2)16-17(20)23(22-18(16)24)19(27)21-11-12-6-4-3-5-7-12/h3-10H,11,20H2,1-2H3,(H,21,27)(H,22,24). The van der Waals surface area contributed by atoms with E-state index in [-0.39, 0.29) is 11.4 Å². The van der Waals surface area contributed by atoms with Gasteiger partial charge in [0, 0.05) is 6.54 Å². The van der Waals surface area contributed by atoms with Crippen LogP contribution in [0.4, 0.5) is 5.82 Å². The van der Waals surface area contributed by atoms with Crippen LogP contribution in [0.15, 0.2) is 53.3 Å². The Morgan fingerprint density at radius 3 is 2.52 bits per heavy atom. The molecule has 0 radical (unpaired) electrons. The number of thiocarbonyl (C=S) groups is 1. The quantitative estimate of drug-likeness (QED) is 0.585. The van der Waals surface area contributed by atoms with Gasteiger partial charge < -0.3 is 20.5 Å². The molecule has 8 heteroatoms. The molecule has 0 bridgehead atoms. The highest BCUT2D eigenvalue weighted by atomic mass is 32.1. The van der Waals surface area contributed by atoms with E-state index < -0.39 is 0 Å². The number of aromatic amines is 1. The number of nitrogens with zero attached hydrogens (tertiary/aromatic N) is 1. The molecule has 0 aliphatic carbocycles. The first-order chi connectivity index (χ1) is 13.0. The first-order valence-electron chi connectivity index (χ1n) is 8.20. The minimum Gasteiger partial charge on any atom is -0.493 e. The summed E-state index contributed by atoms with van der Waals surface area (Å²) in [7, 11) is 3.08. The van der Waals surface area contributed by atoms with E-state index in [1.165, 1.54) is 11.8 Å². The maximum atomic E-state index is 12.5. The lowest BCUT2D eigenvalue weighted by Crippen LogP contribution is -2.30. The lowest BCUT2D eigenvalue weighted by molar-refractivity contribution is 0.355. The average Bonchev–Trinajstić information content (AvgIpc) is 3.00. The molecule has 0 saturated heterocycles. The van der Waals surface area contributed by atoms with Crippen LogP contribution in [0.25, 0.3) is 11.1 Å². The van der Waals surface area contributed by atoms with Crippen LogP contribution in [0.3, 0.4) is 0 Å². The molecule has 140 valence electrons. The fourth-order valence-corrected chi connectivity index (χ4v) is 2.95. The lowest BCUT2D eigenvalue weighted by Gasteiger charge is -2.11. The second-order valence-corrected chi connectivity index (χ2v) is 6.14. The van der Waals surface area contributed by atoms with Gasteiger partial charge in [-0.1, -0.05) is 36.4 Å². The van der Waals surface area contributed by atoms with Crippen molar-refractivity contribution in [3.05, 3.63) is 64.4 Å². The van der Waals surface area contributed by atoms with Crippen molar-refractivity contribution in [1.82, 2.24) is 15.1 Å². The monoisotopic (exact) mass is 384 g/mol. The van der Waals surface area contributed by atoms with Crippen LogP contribution in [-0.4, -0.2) is 29.1 Å². The highest BCUT2D eigenvalue weighted by Crippen LogP contribution is 2.32. The summed E-state index contributed by atoms with van der Waals surface area (Å²) in [5.74, 6) is 1.29. The van der Waals surface area contributed by atoms with Crippen LogP contribution >= 0.6 is 12.2 Å². The molecule has 7 nitrogen and oxygen atoms in total. The molecule has 3 rings (SSSR count). The van der Waals surface area contributed by atoms with Crippen molar-refractivity contribution in [2.75, 3.05) is 20.0 Å². The minimum absolute atomic E-state index is 0.220. The molecule has 0 fully saturated rings. The van der Waals surface area contributed by atoms with Gasteiger partial charge in [-0.2, -0.15) is 0 Å². The zero-order chi connectivity index (χ0) is 19.4. The summed E-state index contributed by atoms with van der Waals surface area (Å²) in [5, 5.41) is 6.07. The van der Waals surface area contributed by atoms with Gasteiger partial charge in [0.15, 0.2) is 16.6 Å². The molecule has 2 aromatic carbocycles. The number of H-pyrrole nitrogens is 1. The zero-order valence-electron chi connectivity index (χ0n) is 15.0. The van der Waals surface area contributed by atoms with E-state index in [4.69, 9.17) is 27.4 Å². The summed E-state index contributed by atoms with van der Waals surface area (Å²) in [6.45, 7) is 0.519. The van der Waals surface area contributed by atoms with Gasteiger partial charge in [-0.15, -0.1) is 0 Å². The smallest absolute Gasteiger partial charge is 0.274 e. The molecule has 3 aromatic rings. The molecule has 1 heterocycles. The van der Waals surface area contributed by atoms with Crippen molar-refractivity contribution in [2.24, 2.45) is 0 Å². The third-order valence-electron chi connectivity index (χ3n) is 4.10. The molecule has 27 heavy (non-hydrogen) atoms. The predicted octanol–water partition coefficient (Wildman–Crippen LogP) is 2.37. The number of methoxy groups -OCH3 is 2. The van der Waals surface area contributed by atoms with E-state index in [1.807, 2.05) is 30.3 Å². The van der Waals surface area contributed by atoms with Crippen molar-refractivity contribution >= 4 is 23.1 Å². The molecular formula is C19H20N4O3S. The lowest BCUT2D eigenvalue weighted by atomic mass is 10.1. The van der Waals surface area contributed by atoms with Crippen LogP contribution in [0.5, 0.6) is 11.5 Å². The van der Waals surface area contributed by atoms with Crippen molar-refractivity contribution in [3.8, 4) is 22.6 Å². The third kappa shape index (κ3) is 3.80. The van der Waals surface area contributed by atoms with Crippen LogP contribution < -0.4 is 26.1 Å². The Kier molecular flexibility index (Phi) is 5.46. The Labute approximate surface area is 161 Å². The normalized spacial score (nSPS) is 10.4. The topological polar surface area (TPSA) is 94.3 Å². The third-order valence-corrected chi connectivity index (χ3v) is 4.43. The minimum atomic E-state index is -0.344. The van der Waals surface area contributed by atoms with Crippen LogP contribution in [0, 0.1) is 0 Å². The number of rotatable bonds is 5. The van der Waals surface area contributed by atoms with Gasteiger partial charge in [0.1, 0.15) is 5.82 Å². The Morgan fingerprint density at radius 2 is 1.85 bits per heavy atom. The Morgan fingerprint density at radius 1 is 1.15 bits per heavy atom. The van der Waals surface area contributed by atoms with E-state index in [2.05, 4.69) is 10.4 Å². The number of nitrogen functional groups attached to an aromatic ring is 1. The molecule has 0 atom stereocenters. The highest BCUT2D eigenvalue weighted by molar-refractivity contribution is 7.80. The van der Waals surface area contributed by atoms with Crippen molar-refractivity contribution in [3.63, 3.8) is 0 Å². The molecule has 1 aromatic heterocycles. The van der Waals surface area contributed by atoms with Gasteiger partial charge in [-0.05, 0) is 35.5 Å². The van der Waals surface area contributed by atoms with E-state index in [0.29, 0.717) is 34.3 Å². The summed E-state index contributed by atoms with van der Waals surface area (Å²) in [6, 6.07) is 15.0. The first-order valence-corrected chi connectivity index (χ1v) is 8.61. The van der Waals surface area contributed by atoms with Gasteiger partial charge in [0.2, 0.25) is 0 Å². The Hall–Kier alpha value is -3.26. The summed E-state index contributed by atoms with van der Waals surface area (Å²) in [4.78, 5) is 12.5. The van der Waals surface area contributed by atoms with E-state index in [0.717, 1.165) is 5.56 Å². The number of aromatic nitrogens is 2.